The number of methoxy groups -OCH3 is 1. The molecule has 9 heteroatoms. The van der Waals surface area contributed by atoms with Crippen molar-refractivity contribution in [1.82, 2.24) is 19.9 Å². The maximum Gasteiger partial charge on any atom is 0.256 e. The lowest BCUT2D eigenvalue weighted by Gasteiger charge is -2.40. The molecule has 152 valence electrons. The van der Waals surface area contributed by atoms with Gasteiger partial charge in [0.05, 0.1) is 13.7 Å². The van der Waals surface area contributed by atoms with E-state index in [1.165, 1.54) is 24.1 Å². The Morgan fingerprint density at radius 3 is 2.93 bits per heavy atom. The number of hydrogen-bond acceptors (Lipinski definition) is 7. The molecule has 0 bridgehead atoms. The van der Waals surface area contributed by atoms with Crippen molar-refractivity contribution in [2.24, 2.45) is 0 Å². The molecule has 0 radical (unpaired) electrons. The third-order valence-corrected chi connectivity index (χ3v) is 4.83. The number of carbonyl (C=O) groups excluding carboxylic acids is 1. The first-order valence-corrected chi connectivity index (χ1v) is 9.12. The zero-order valence-electron chi connectivity index (χ0n) is 16.3. The maximum absolute atomic E-state index is 14.1. The lowest BCUT2D eigenvalue weighted by molar-refractivity contribution is -0.160. The number of ether oxygens (including phenoxy) is 1. The van der Waals surface area contributed by atoms with E-state index in [-0.39, 0.29) is 13.1 Å². The molecular weight excluding hydrogens is 367 g/mol. The number of likely N-dealkylation sites (N-methyl/N-ethyl adjacent to an activating group) is 1. The van der Waals surface area contributed by atoms with Crippen LogP contribution < -0.4 is 4.74 Å². The summed E-state index contributed by atoms with van der Waals surface area (Å²) in [5.74, 6) is 0.653. The Bertz CT molecular complexity index is 843. The first-order chi connectivity index (χ1) is 13.3. The fraction of sp³-hybridized carbons (Fsp3) is 0.526. The Labute approximate surface area is 162 Å². The number of carbonyl (C=O) groups is 1. The number of hydrogen-bond donors (Lipinski definition) is 1. The summed E-state index contributed by atoms with van der Waals surface area (Å²) >= 11 is 0. The summed E-state index contributed by atoms with van der Waals surface area (Å²) in [7, 11) is 3.28. The van der Waals surface area contributed by atoms with Crippen molar-refractivity contribution in [3.63, 3.8) is 0 Å². The second-order valence-corrected chi connectivity index (χ2v) is 7.22. The van der Waals surface area contributed by atoms with Crippen molar-refractivity contribution >= 4 is 5.91 Å². The molecular formula is C19H25FN4O4. The fourth-order valence-electron chi connectivity index (χ4n) is 3.52. The Morgan fingerprint density at radius 1 is 1.46 bits per heavy atom. The number of halogens is 1. The lowest BCUT2D eigenvalue weighted by atomic mass is 9.90. The minimum atomic E-state index is -1.54. The molecule has 2 heterocycles. The number of aromatic nitrogens is 2. The molecule has 1 fully saturated rings. The van der Waals surface area contributed by atoms with E-state index in [1.807, 2.05) is 0 Å². The van der Waals surface area contributed by atoms with Gasteiger partial charge in [0.25, 0.3) is 5.91 Å². The number of piperidine rings is 1. The van der Waals surface area contributed by atoms with Crippen LogP contribution in [0.4, 0.5) is 4.39 Å². The van der Waals surface area contributed by atoms with Gasteiger partial charge in [-0.05, 0) is 38.1 Å². The van der Waals surface area contributed by atoms with E-state index in [1.54, 1.807) is 24.9 Å². The van der Waals surface area contributed by atoms with Crippen LogP contribution in [0, 0.1) is 12.7 Å². The highest BCUT2D eigenvalue weighted by Crippen LogP contribution is 2.27. The number of amides is 1. The van der Waals surface area contributed by atoms with Crippen molar-refractivity contribution in [1.29, 1.82) is 0 Å². The molecule has 28 heavy (non-hydrogen) atoms. The van der Waals surface area contributed by atoms with Crippen LogP contribution in [0.3, 0.4) is 0 Å². The fourth-order valence-corrected chi connectivity index (χ4v) is 3.52. The largest absolute Gasteiger partial charge is 0.497 e. The smallest absolute Gasteiger partial charge is 0.256 e. The Morgan fingerprint density at radius 2 is 2.25 bits per heavy atom. The van der Waals surface area contributed by atoms with E-state index in [0.29, 0.717) is 49.0 Å². The van der Waals surface area contributed by atoms with Crippen LogP contribution in [0.2, 0.25) is 0 Å². The lowest BCUT2D eigenvalue weighted by Crippen LogP contribution is -2.57. The summed E-state index contributed by atoms with van der Waals surface area (Å²) in [5.41, 5.74) is -1.19. The van der Waals surface area contributed by atoms with Gasteiger partial charge in [-0.3, -0.25) is 9.69 Å². The standard InChI is InChI=1S/C19H25FN4O4/c1-13-21-17(22-28-13)11-23(2)12-19(26)7-4-8-24(18(19)25)10-14-9-15(27-3)5-6-16(14)20/h5-6,9,26H,4,7-8,10-12H2,1-3H3/t19-/m1/s1. The predicted molar refractivity (Wildman–Crippen MR) is 97.9 cm³/mol. The summed E-state index contributed by atoms with van der Waals surface area (Å²) in [6.45, 7) is 2.71. The van der Waals surface area contributed by atoms with E-state index < -0.39 is 17.3 Å². The highest BCUT2D eigenvalue weighted by atomic mass is 19.1. The molecule has 0 aliphatic carbocycles. The SMILES string of the molecule is COc1ccc(F)c(CN2CCC[C@@](O)(CN(C)Cc3noc(C)n3)C2=O)c1. The number of rotatable bonds is 7. The molecule has 1 aliphatic heterocycles. The monoisotopic (exact) mass is 392 g/mol. The number of likely N-dealkylation sites (tertiary alicyclic amines) is 1. The van der Waals surface area contributed by atoms with Gasteiger partial charge in [-0.25, -0.2) is 4.39 Å². The summed E-state index contributed by atoms with van der Waals surface area (Å²) in [4.78, 5) is 20.4. The van der Waals surface area contributed by atoms with E-state index in [4.69, 9.17) is 9.26 Å². The molecule has 1 aromatic carbocycles. The van der Waals surface area contributed by atoms with E-state index >= 15 is 0 Å². The van der Waals surface area contributed by atoms with Gasteiger partial charge in [-0.15, -0.1) is 0 Å². The predicted octanol–water partition coefficient (Wildman–Crippen LogP) is 1.51. The zero-order valence-corrected chi connectivity index (χ0v) is 16.3. The van der Waals surface area contributed by atoms with Crippen molar-refractivity contribution in [2.75, 3.05) is 27.2 Å². The molecule has 0 spiro atoms. The van der Waals surface area contributed by atoms with Crippen LogP contribution in [0.25, 0.3) is 0 Å². The molecule has 1 saturated heterocycles. The number of benzene rings is 1. The molecule has 1 amide bonds. The van der Waals surface area contributed by atoms with Gasteiger partial charge in [-0.2, -0.15) is 4.98 Å². The topological polar surface area (TPSA) is 91.9 Å². The molecule has 1 aliphatic rings. The molecule has 3 rings (SSSR count). The van der Waals surface area contributed by atoms with Crippen LogP contribution >= 0.6 is 0 Å². The highest BCUT2D eigenvalue weighted by molar-refractivity contribution is 5.86. The van der Waals surface area contributed by atoms with Crippen molar-refractivity contribution < 1.29 is 23.6 Å². The van der Waals surface area contributed by atoms with E-state index in [2.05, 4.69) is 10.1 Å². The first kappa shape index (κ1) is 20.2. The van der Waals surface area contributed by atoms with Crippen molar-refractivity contribution in [2.45, 2.75) is 38.5 Å². The Balaban J connectivity index is 1.68. The second-order valence-electron chi connectivity index (χ2n) is 7.22. The van der Waals surface area contributed by atoms with Crippen molar-refractivity contribution in [3.8, 4) is 5.75 Å². The maximum atomic E-state index is 14.1. The van der Waals surface area contributed by atoms with Crippen LogP contribution in [0.5, 0.6) is 5.75 Å². The minimum absolute atomic E-state index is 0.0813. The van der Waals surface area contributed by atoms with Crippen LogP contribution in [-0.4, -0.2) is 63.8 Å². The van der Waals surface area contributed by atoms with Crippen molar-refractivity contribution in [3.05, 3.63) is 41.3 Å². The molecule has 0 saturated carbocycles. The van der Waals surface area contributed by atoms with Gasteiger partial charge in [0, 0.05) is 32.1 Å². The molecule has 8 nitrogen and oxygen atoms in total. The van der Waals surface area contributed by atoms with Gasteiger partial charge >= 0.3 is 0 Å². The molecule has 1 N–H and O–H groups in total. The van der Waals surface area contributed by atoms with E-state index in [9.17, 15) is 14.3 Å². The normalized spacial score (nSPS) is 20.1. The molecule has 1 atom stereocenters. The quantitative estimate of drug-likeness (QED) is 0.764. The highest BCUT2D eigenvalue weighted by Gasteiger charge is 2.43. The Hall–Kier alpha value is -2.52. The summed E-state index contributed by atoms with van der Waals surface area (Å²) in [6.07, 6.45) is 0.974. The number of aryl methyl sites for hydroxylation is 1. The Kier molecular flexibility index (Phi) is 5.95. The van der Waals surface area contributed by atoms with Gasteiger partial charge in [-0.1, -0.05) is 5.16 Å². The van der Waals surface area contributed by atoms with Crippen LogP contribution in [-0.2, 0) is 17.9 Å². The van der Waals surface area contributed by atoms with Gasteiger partial charge in [0.1, 0.15) is 11.6 Å². The second kappa shape index (κ2) is 8.24. The number of nitrogens with zero attached hydrogens (tertiary/aromatic N) is 4. The van der Waals surface area contributed by atoms with Crippen LogP contribution in [0.15, 0.2) is 22.7 Å². The molecule has 0 unspecified atom stereocenters. The third kappa shape index (κ3) is 4.48. The summed E-state index contributed by atoms with van der Waals surface area (Å²) in [6, 6.07) is 4.41. The average molecular weight is 392 g/mol. The van der Waals surface area contributed by atoms with Gasteiger partial charge < -0.3 is 19.3 Å². The molecule has 1 aromatic heterocycles. The summed E-state index contributed by atoms with van der Waals surface area (Å²) < 4.78 is 24.2. The molecule has 2 aromatic rings. The number of aliphatic hydroxyl groups is 1. The van der Waals surface area contributed by atoms with E-state index in [0.717, 1.165) is 0 Å². The average Bonchev–Trinajstić information content (AvgIpc) is 3.05. The summed E-state index contributed by atoms with van der Waals surface area (Å²) in [5, 5.41) is 14.8. The third-order valence-electron chi connectivity index (χ3n) is 4.83. The van der Waals surface area contributed by atoms with Crippen LogP contribution in [0.1, 0.15) is 30.1 Å². The first-order valence-electron chi connectivity index (χ1n) is 9.12. The van der Waals surface area contributed by atoms with Gasteiger partial charge in [0.2, 0.25) is 5.89 Å². The minimum Gasteiger partial charge on any atom is -0.497 e. The zero-order chi connectivity index (χ0) is 20.3. The van der Waals surface area contributed by atoms with Gasteiger partial charge in [0.15, 0.2) is 11.4 Å².